The molecule has 3 aromatic carbocycles. The Balaban J connectivity index is 1.31. The van der Waals surface area contributed by atoms with Crippen molar-refractivity contribution in [2.45, 2.75) is 77.7 Å². The summed E-state index contributed by atoms with van der Waals surface area (Å²) in [5.74, 6) is 2.08. The van der Waals surface area contributed by atoms with Crippen LogP contribution in [0.5, 0.6) is 17.2 Å². The zero-order chi connectivity index (χ0) is 28.0. The molecule has 4 rings (SSSR count). The molecule has 1 heterocycles. The SMILES string of the molecule is CCCCCCCCCCCCOc1cccc2cccc(OP(=O)(O)Oc3cccc(CN4C=CSC4)c3)c12. The summed E-state index contributed by atoms with van der Waals surface area (Å²) in [5, 5.41) is 3.59. The fourth-order valence-electron chi connectivity index (χ4n) is 4.86. The first kappa shape index (κ1) is 30.4. The normalized spacial score (nSPS) is 14.4. The van der Waals surface area contributed by atoms with Gasteiger partial charge in [-0.1, -0.05) is 101 Å². The number of unbranched alkanes of at least 4 members (excludes halogenated alkanes) is 9. The van der Waals surface area contributed by atoms with E-state index in [9.17, 15) is 9.46 Å². The summed E-state index contributed by atoms with van der Waals surface area (Å²) in [5.41, 5.74) is 0.984. The van der Waals surface area contributed by atoms with E-state index in [1.165, 1.54) is 51.4 Å². The first-order valence-electron chi connectivity index (χ1n) is 14.5. The van der Waals surface area contributed by atoms with Gasteiger partial charge in [-0.25, -0.2) is 4.57 Å². The molecule has 1 atom stereocenters. The molecule has 0 spiro atoms. The zero-order valence-corrected chi connectivity index (χ0v) is 25.2. The Kier molecular flexibility index (Phi) is 12.1. The van der Waals surface area contributed by atoms with Crippen LogP contribution in [0.3, 0.4) is 0 Å². The molecule has 0 amide bonds. The predicted molar refractivity (Wildman–Crippen MR) is 166 cm³/mol. The van der Waals surface area contributed by atoms with Gasteiger partial charge in [0.1, 0.15) is 17.2 Å². The van der Waals surface area contributed by atoms with Crippen molar-refractivity contribution >= 4 is 30.4 Å². The lowest BCUT2D eigenvalue weighted by atomic mass is 10.1. The maximum Gasteiger partial charge on any atom is 0.584 e. The fraction of sp³-hybridized carbons (Fsp3) is 0.438. The smallest absolute Gasteiger partial charge is 0.493 e. The summed E-state index contributed by atoms with van der Waals surface area (Å²) in [6, 6.07) is 18.4. The molecule has 3 aromatic rings. The van der Waals surface area contributed by atoms with Crippen LogP contribution in [0.15, 0.2) is 72.3 Å². The molecule has 0 saturated carbocycles. The molecule has 216 valence electrons. The Hall–Kier alpha value is -2.60. The van der Waals surface area contributed by atoms with Gasteiger partial charge in [-0.05, 0) is 47.0 Å². The maximum atomic E-state index is 13.1. The second-order valence-corrected chi connectivity index (χ2v) is 12.4. The average Bonchev–Trinajstić information content (AvgIpc) is 3.44. The summed E-state index contributed by atoms with van der Waals surface area (Å²) < 4.78 is 30.3. The highest BCUT2D eigenvalue weighted by Crippen LogP contribution is 2.47. The number of nitrogens with zero attached hydrogens (tertiary/aromatic N) is 1. The first-order chi connectivity index (χ1) is 19.5. The zero-order valence-electron chi connectivity index (χ0n) is 23.5. The van der Waals surface area contributed by atoms with Crippen LogP contribution in [0.25, 0.3) is 10.8 Å². The van der Waals surface area contributed by atoms with Crippen LogP contribution in [0, 0.1) is 0 Å². The Morgan fingerprint density at radius 2 is 1.52 bits per heavy atom. The molecule has 1 aliphatic rings. The van der Waals surface area contributed by atoms with Crippen LogP contribution >= 0.6 is 19.6 Å². The van der Waals surface area contributed by atoms with E-state index in [4.69, 9.17) is 13.8 Å². The highest BCUT2D eigenvalue weighted by Gasteiger charge is 2.27. The van der Waals surface area contributed by atoms with Crippen LogP contribution < -0.4 is 13.8 Å². The highest BCUT2D eigenvalue weighted by atomic mass is 32.2. The third-order valence-electron chi connectivity index (χ3n) is 6.91. The van der Waals surface area contributed by atoms with Gasteiger partial charge in [0.25, 0.3) is 0 Å². The molecule has 40 heavy (non-hydrogen) atoms. The van der Waals surface area contributed by atoms with E-state index >= 15 is 0 Å². The number of hydrogen-bond donors (Lipinski definition) is 1. The minimum absolute atomic E-state index is 0.261. The van der Waals surface area contributed by atoms with Crippen LogP contribution in [-0.2, 0) is 11.1 Å². The topological polar surface area (TPSA) is 68.2 Å². The van der Waals surface area contributed by atoms with Gasteiger partial charge in [-0.15, -0.1) is 11.8 Å². The molecule has 1 unspecified atom stereocenters. The van der Waals surface area contributed by atoms with Crippen LogP contribution in [0.2, 0.25) is 0 Å². The quantitative estimate of drug-likeness (QED) is 0.118. The lowest BCUT2D eigenvalue weighted by Crippen LogP contribution is -2.12. The minimum Gasteiger partial charge on any atom is -0.493 e. The van der Waals surface area contributed by atoms with Crippen LogP contribution in [-0.4, -0.2) is 22.3 Å². The summed E-state index contributed by atoms with van der Waals surface area (Å²) in [7, 11) is -4.46. The van der Waals surface area contributed by atoms with Crippen molar-refractivity contribution in [3.63, 3.8) is 0 Å². The Morgan fingerprint density at radius 3 is 2.23 bits per heavy atom. The molecule has 0 saturated heterocycles. The molecule has 0 aromatic heterocycles. The summed E-state index contributed by atoms with van der Waals surface area (Å²) in [4.78, 5) is 12.8. The van der Waals surface area contributed by atoms with Crippen molar-refractivity contribution in [1.82, 2.24) is 4.90 Å². The molecular weight excluding hydrogens is 541 g/mol. The number of rotatable bonds is 18. The predicted octanol–water partition coefficient (Wildman–Crippen LogP) is 9.68. The van der Waals surface area contributed by atoms with Crippen molar-refractivity contribution in [1.29, 1.82) is 0 Å². The molecule has 0 radical (unpaired) electrons. The highest BCUT2D eigenvalue weighted by molar-refractivity contribution is 8.02. The van der Waals surface area contributed by atoms with E-state index in [0.29, 0.717) is 24.3 Å². The molecule has 0 bridgehead atoms. The van der Waals surface area contributed by atoms with Crippen molar-refractivity contribution in [3.8, 4) is 17.2 Å². The van der Waals surface area contributed by atoms with Gasteiger partial charge >= 0.3 is 7.82 Å². The van der Waals surface area contributed by atoms with Crippen molar-refractivity contribution < 1.29 is 23.2 Å². The van der Waals surface area contributed by atoms with E-state index in [2.05, 4.69) is 17.2 Å². The van der Waals surface area contributed by atoms with Gasteiger partial charge in [0, 0.05) is 12.7 Å². The molecule has 1 aliphatic heterocycles. The number of benzene rings is 3. The third-order valence-corrected chi connectivity index (χ3v) is 8.57. The Morgan fingerprint density at radius 1 is 0.850 bits per heavy atom. The van der Waals surface area contributed by atoms with Gasteiger partial charge in [0.2, 0.25) is 0 Å². The fourth-order valence-corrected chi connectivity index (χ4v) is 6.39. The summed E-state index contributed by atoms with van der Waals surface area (Å²) in [6.45, 7) is 3.54. The second-order valence-electron chi connectivity index (χ2n) is 10.3. The van der Waals surface area contributed by atoms with Gasteiger partial charge < -0.3 is 18.7 Å². The number of phosphoric ester groups is 1. The van der Waals surface area contributed by atoms with Crippen molar-refractivity contribution in [3.05, 3.63) is 77.8 Å². The van der Waals surface area contributed by atoms with E-state index in [-0.39, 0.29) is 11.5 Å². The molecule has 8 heteroatoms. The minimum atomic E-state index is -4.46. The Labute approximate surface area is 243 Å². The number of hydrogen-bond acceptors (Lipinski definition) is 6. The number of thioether (sulfide) groups is 1. The van der Waals surface area contributed by atoms with E-state index < -0.39 is 7.82 Å². The van der Waals surface area contributed by atoms with Crippen molar-refractivity contribution in [2.24, 2.45) is 0 Å². The van der Waals surface area contributed by atoms with E-state index in [1.807, 2.05) is 42.6 Å². The van der Waals surface area contributed by atoms with E-state index in [1.54, 1.807) is 36.0 Å². The average molecular weight is 584 g/mol. The molecule has 0 fully saturated rings. The summed E-state index contributed by atoms with van der Waals surface area (Å²) >= 11 is 1.73. The number of fused-ring (bicyclic) bond motifs is 1. The van der Waals surface area contributed by atoms with Crippen LogP contribution in [0.1, 0.15) is 76.7 Å². The largest absolute Gasteiger partial charge is 0.584 e. The summed E-state index contributed by atoms with van der Waals surface area (Å²) in [6.07, 6.45) is 14.7. The molecular formula is C32H42NO5PS. The first-order valence-corrected chi connectivity index (χ1v) is 17.1. The third kappa shape index (κ3) is 9.79. The molecule has 6 nitrogen and oxygen atoms in total. The maximum absolute atomic E-state index is 13.1. The second kappa shape index (κ2) is 16.0. The van der Waals surface area contributed by atoms with Gasteiger partial charge in [0.05, 0.1) is 17.9 Å². The van der Waals surface area contributed by atoms with Crippen molar-refractivity contribution in [2.75, 3.05) is 12.5 Å². The molecule has 0 aliphatic carbocycles. The lowest BCUT2D eigenvalue weighted by molar-refractivity contribution is 0.290. The molecule has 1 N–H and O–H groups in total. The van der Waals surface area contributed by atoms with Gasteiger partial charge in [0.15, 0.2) is 0 Å². The van der Waals surface area contributed by atoms with Crippen LogP contribution in [0.4, 0.5) is 0 Å². The standard InChI is InChI=1S/C32H42NO5PS/c1-2-3-4-5-6-7-8-9-10-11-22-36-30-19-13-16-28-17-14-20-31(32(28)30)38-39(34,35)37-29-18-12-15-27(24-29)25-33-21-23-40-26-33/h12-21,23-24H,2-11,22,25-26H2,1H3,(H,34,35). The lowest BCUT2D eigenvalue weighted by Gasteiger charge is -2.18. The van der Waals surface area contributed by atoms with E-state index in [0.717, 1.165) is 29.7 Å². The number of phosphoric acid groups is 1. The van der Waals surface area contributed by atoms with Gasteiger partial charge in [-0.3, -0.25) is 4.89 Å². The monoisotopic (exact) mass is 583 g/mol. The number of ether oxygens (including phenoxy) is 1. The Bertz CT molecular complexity index is 1280. The van der Waals surface area contributed by atoms with Gasteiger partial charge in [-0.2, -0.15) is 0 Å².